The second-order valence-electron chi connectivity index (χ2n) is 17.4. The molecule has 1 unspecified atom stereocenters. The summed E-state index contributed by atoms with van der Waals surface area (Å²) in [7, 11) is 0. The summed E-state index contributed by atoms with van der Waals surface area (Å²) in [5.41, 5.74) is 1.72. The zero-order valence-electron chi connectivity index (χ0n) is 31.2. The first kappa shape index (κ1) is 37.7. The highest BCUT2D eigenvalue weighted by atomic mass is 16.5. The lowest BCUT2D eigenvalue weighted by atomic mass is 9.46. The van der Waals surface area contributed by atoms with Gasteiger partial charge in [0, 0.05) is 18.3 Å². The average Bonchev–Trinajstić information content (AvgIpc) is 3.37. The first-order valence-electron chi connectivity index (χ1n) is 20.3. The zero-order valence-corrected chi connectivity index (χ0v) is 31.2. The summed E-state index contributed by atoms with van der Waals surface area (Å²) in [6, 6.07) is 0. The quantitative estimate of drug-likeness (QED) is 0.0870. The van der Waals surface area contributed by atoms with E-state index in [1.165, 1.54) is 108 Å². The van der Waals surface area contributed by atoms with Gasteiger partial charge in [0.2, 0.25) is 0 Å². The zero-order chi connectivity index (χ0) is 33.2. The van der Waals surface area contributed by atoms with Gasteiger partial charge in [0.1, 0.15) is 6.10 Å². The first-order chi connectivity index (χ1) is 22.1. The molecular formula is C43H74O3. The summed E-state index contributed by atoms with van der Waals surface area (Å²) in [4.78, 5) is 13.2. The molecule has 9 atom stereocenters. The number of ether oxygens (including phenoxy) is 1. The van der Waals surface area contributed by atoms with Gasteiger partial charge in [0.05, 0.1) is 6.10 Å². The Kier molecular flexibility index (Phi) is 14.8. The molecule has 264 valence electrons. The van der Waals surface area contributed by atoms with Crippen molar-refractivity contribution in [2.75, 3.05) is 0 Å². The van der Waals surface area contributed by atoms with E-state index in [2.05, 4.69) is 59.8 Å². The van der Waals surface area contributed by atoms with Gasteiger partial charge in [-0.25, -0.2) is 0 Å². The predicted octanol–water partition coefficient (Wildman–Crippen LogP) is 12.2. The summed E-state index contributed by atoms with van der Waals surface area (Å²) in [6.45, 7) is 14.6. The number of carbonyl (C=O) groups excluding carboxylic acids is 1. The van der Waals surface area contributed by atoms with Gasteiger partial charge in [-0.1, -0.05) is 123 Å². The van der Waals surface area contributed by atoms with Crippen molar-refractivity contribution in [3.8, 4) is 0 Å². The monoisotopic (exact) mass is 639 g/mol. The third-order valence-corrected chi connectivity index (χ3v) is 13.8. The van der Waals surface area contributed by atoms with Crippen LogP contribution in [0.4, 0.5) is 0 Å². The van der Waals surface area contributed by atoms with Crippen LogP contribution in [0.1, 0.15) is 183 Å². The Morgan fingerprint density at radius 3 is 2.33 bits per heavy atom. The van der Waals surface area contributed by atoms with Gasteiger partial charge in [-0.05, 0) is 112 Å². The number of hydrogen-bond donors (Lipinski definition) is 1. The molecule has 3 saturated carbocycles. The second-order valence-corrected chi connectivity index (χ2v) is 17.4. The molecule has 0 aromatic rings. The molecule has 4 rings (SSSR count). The highest BCUT2D eigenvalue weighted by Crippen LogP contribution is 2.67. The maximum atomic E-state index is 13.2. The van der Waals surface area contributed by atoms with Crippen molar-refractivity contribution < 1.29 is 14.6 Å². The minimum absolute atomic E-state index is 0.0374. The fraction of sp³-hybridized carbons (Fsp3) is 0.884. The van der Waals surface area contributed by atoms with Gasteiger partial charge in [0.15, 0.2) is 0 Å². The van der Waals surface area contributed by atoms with Crippen molar-refractivity contribution in [3.63, 3.8) is 0 Å². The number of aliphatic hydroxyl groups is 1. The average molecular weight is 639 g/mol. The molecule has 3 nitrogen and oxygen atoms in total. The number of fused-ring (bicyclic) bond motifs is 5. The maximum Gasteiger partial charge on any atom is 0.306 e. The Labute approximate surface area is 285 Å². The third-order valence-electron chi connectivity index (χ3n) is 13.8. The summed E-state index contributed by atoms with van der Waals surface area (Å²) in [5, 5.41) is 10.9. The molecule has 4 aliphatic carbocycles. The fourth-order valence-electron chi connectivity index (χ4n) is 11.1. The molecule has 0 heterocycles. The van der Waals surface area contributed by atoms with Crippen molar-refractivity contribution in [1.29, 1.82) is 0 Å². The minimum Gasteiger partial charge on any atom is -0.461 e. The van der Waals surface area contributed by atoms with Gasteiger partial charge in [-0.3, -0.25) is 4.79 Å². The van der Waals surface area contributed by atoms with Crippen LogP contribution in [0.5, 0.6) is 0 Å². The molecule has 0 aromatic heterocycles. The molecule has 46 heavy (non-hydrogen) atoms. The first-order valence-corrected chi connectivity index (χ1v) is 20.3. The number of hydrogen-bond acceptors (Lipinski definition) is 3. The van der Waals surface area contributed by atoms with Crippen LogP contribution in [0.25, 0.3) is 0 Å². The summed E-state index contributed by atoms with van der Waals surface area (Å²) < 4.78 is 6.40. The van der Waals surface area contributed by atoms with Crippen LogP contribution in [0.2, 0.25) is 0 Å². The molecule has 0 aliphatic heterocycles. The lowest BCUT2D eigenvalue weighted by molar-refractivity contribution is -0.169. The van der Waals surface area contributed by atoms with Crippen LogP contribution in [-0.2, 0) is 9.53 Å². The van der Waals surface area contributed by atoms with Crippen molar-refractivity contribution >= 4 is 5.97 Å². The lowest BCUT2D eigenvalue weighted by Crippen LogP contribution is -2.56. The van der Waals surface area contributed by atoms with E-state index in [0.29, 0.717) is 30.1 Å². The Morgan fingerprint density at radius 1 is 0.913 bits per heavy atom. The molecule has 0 spiro atoms. The Bertz CT molecular complexity index is 981. The number of unbranched alkanes of at least 4 members (excludes halogenated alkanes) is 9. The van der Waals surface area contributed by atoms with E-state index in [1.54, 1.807) is 0 Å². The summed E-state index contributed by atoms with van der Waals surface area (Å²) in [5.74, 6) is 4.47. The SMILES string of the molecule is CCCCCC/C=C\CCCCCCCC(=O)OC1C[C@H](O)CC2=CC[C@H]3[C@@H]4CC[C@H]([C@H](C)CCCC(C)C)[C@@]4(C)CC[C@@H]3[C@]21C. The Balaban J connectivity index is 1.26. The molecule has 3 fully saturated rings. The predicted molar refractivity (Wildman–Crippen MR) is 195 cm³/mol. The summed E-state index contributed by atoms with van der Waals surface area (Å²) >= 11 is 0. The van der Waals surface area contributed by atoms with E-state index in [4.69, 9.17) is 4.74 Å². The van der Waals surface area contributed by atoms with Gasteiger partial charge in [0.25, 0.3) is 0 Å². The van der Waals surface area contributed by atoms with Crippen molar-refractivity contribution in [1.82, 2.24) is 0 Å². The molecule has 0 saturated heterocycles. The van der Waals surface area contributed by atoms with E-state index in [1.807, 2.05) is 0 Å². The van der Waals surface area contributed by atoms with Crippen LogP contribution in [-0.4, -0.2) is 23.3 Å². The minimum atomic E-state index is -0.393. The largest absolute Gasteiger partial charge is 0.461 e. The molecule has 3 heteroatoms. The molecule has 0 bridgehead atoms. The number of esters is 1. The van der Waals surface area contributed by atoms with Crippen molar-refractivity contribution in [2.24, 2.45) is 46.3 Å². The van der Waals surface area contributed by atoms with Crippen LogP contribution >= 0.6 is 0 Å². The topological polar surface area (TPSA) is 46.5 Å². The molecule has 1 N–H and O–H groups in total. The number of allylic oxidation sites excluding steroid dienone is 3. The number of aliphatic hydroxyl groups excluding tert-OH is 1. The van der Waals surface area contributed by atoms with Crippen molar-refractivity contribution in [2.45, 2.75) is 195 Å². The smallest absolute Gasteiger partial charge is 0.306 e. The molecule has 0 aromatic carbocycles. The number of carbonyl (C=O) groups is 1. The van der Waals surface area contributed by atoms with Gasteiger partial charge in [-0.2, -0.15) is 0 Å². The van der Waals surface area contributed by atoms with Crippen LogP contribution in [0.3, 0.4) is 0 Å². The summed E-state index contributed by atoms with van der Waals surface area (Å²) in [6.07, 6.45) is 32.7. The highest BCUT2D eigenvalue weighted by molar-refractivity contribution is 5.69. The number of rotatable bonds is 19. The molecule has 0 amide bonds. The standard InChI is InChI=1S/C43H74O3/c1-7-8-9-10-11-12-13-14-15-16-17-18-19-23-41(45)46-40-31-35(44)30-34-24-25-36-38-27-26-37(33(4)22-20-21-32(2)3)42(38,5)29-28-39(36)43(34,40)6/h12-13,24,32-33,35-40,44H,7-11,14-23,25-31H2,1-6H3/b13-12-/t33-,35-,36+,37-,38+,39+,40?,42-,43+/m1/s1. The van der Waals surface area contributed by atoms with Gasteiger partial charge in [-0.15, -0.1) is 0 Å². The van der Waals surface area contributed by atoms with Crippen LogP contribution in [0.15, 0.2) is 23.8 Å². The highest BCUT2D eigenvalue weighted by Gasteiger charge is 2.61. The fourth-order valence-corrected chi connectivity index (χ4v) is 11.1. The van der Waals surface area contributed by atoms with Crippen LogP contribution < -0.4 is 0 Å². The van der Waals surface area contributed by atoms with E-state index in [0.717, 1.165) is 49.4 Å². The molecule has 0 radical (unpaired) electrons. The van der Waals surface area contributed by atoms with E-state index < -0.39 is 6.10 Å². The van der Waals surface area contributed by atoms with E-state index in [9.17, 15) is 9.90 Å². The Hall–Kier alpha value is -1.09. The second kappa shape index (κ2) is 18.1. The normalized spacial score (nSPS) is 34.7. The van der Waals surface area contributed by atoms with Gasteiger partial charge < -0.3 is 9.84 Å². The van der Waals surface area contributed by atoms with E-state index in [-0.39, 0.29) is 17.5 Å². The molecular weight excluding hydrogens is 564 g/mol. The van der Waals surface area contributed by atoms with E-state index >= 15 is 0 Å². The van der Waals surface area contributed by atoms with Gasteiger partial charge >= 0.3 is 5.97 Å². The lowest BCUT2D eigenvalue weighted by Gasteiger charge is -2.60. The Morgan fingerprint density at radius 2 is 1.61 bits per heavy atom. The van der Waals surface area contributed by atoms with Crippen LogP contribution in [0, 0.1) is 46.3 Å². The van der Waals surface area contributed by atoms with Crippen molar-refractivity contribution in [3.05, 3.63) is 23.8 Å². The molecule has 4 aliphatic rings. The maximum absolute atomic E-state index is 13.2. The third kappa shape index (κ3) is 9.32.